The van der Waals surface area contributed by atoms with Crippen molar-refractivity contribution in [1.29, 1.82) is 0 Å². The number of benzene rings is 1. The Bertz CT molecular complexity index is 1110. The molecular formula is C20H20N2O5S. The van der Waals surface area contributed by atoms with Crippen molar-refractivity contribution in [2.24, 2.45) is 0 Å². The summed E-state index contributed by atoms with van der Waals surface area (Å²) in [5.74, 6) is 1.12. The summed E-state index contributed by atoms with van der Waals surface area (Å²) < 4.78 is 15.7. The van der Waals surface area contributed by atoms with Gasteiger partial charge in [-0.3, -0.25) is 4.79 Å². The Morgan fingerprint density at radius 1 is 1.25 bits per heavy atom. The quantitative estimate of drug-likeness (QED) is 0.635. The predicted octanol–water partition coefficient (Wildman–Crippen LogP) is 3.66. The Balaban J connectivity index is 2.03. The molecule has 28 heavy (non-hydrogen) atoms. The molecule has 0 bridgehead atoms. The Morgan fingerprint density at radius 2 is 2.04 bits per heavy atom. The summed E-state index contributed by atoms with van der Waals surface area (Å²) in [7, 11) is 3.13. The lowest BCUT2D eigenvalue weighted by atomic mass is 10.1. The zero-order chi connectivity index (χ0) is 20.3. The second-order valence-corrected chi connectivity index (χ2v) is 6.82. The van der Waals surface area contributed by atoms with Crippen molar-refractivity contribution >= 4 is 39.7 Å². The average Bonchev–Trinajstić information content (AvgIpc) is 3.03. The molecule has 0 aliphatic heterocycles. The van der Waals surface area contributed by atoms with E-state index in [-0.39, 0.29) is 12.2 Å². The molecule has 7 nitrogen and oxygen atoms in total. The van der Waals surface area contributed by atoms with Crippen molar-refractivity contribution in [1.82, 2.24) is 9.97 Å². The lowest BCUT2D eigenvalue weighted by Gasteiger charge is -2.09. The maximum Gasteiger partial charge on any atom is 0.348 e. The largest absolute Gasteiger partial charge is 0.493 e. The fourth-order valence-corrected chi connectivity index (χ4v) is 3.93. The second-order valence-electron chi connectivity index (χ2n) is 5.82. The van der Waals surface area contributed by atoms with Crippen LogP contribution in [0.25, 0.3) is 22.4 Å². The van der Waals surface area contributed by atoms with E-state index in [1.165, 1.54) is 0 Å². The predicted molar refractivity (Wildman–Crippen MR) is 109 cm³/mol. The molecular weight excluding hydrogens is 380 g/mol. The molecule has 0 atom stereocenters. The van der Waals surface area contributed by atoms with Crippen LogP contribution in [0.15, 0.2) is 23.0 Å². The molecule has 0 amide bonds. The van der Waals surface area contributed by atoms with Gasteiger partial charge in [-0.05, 0) is 37.6 Å². The molecule has 3 aromatic rings. The lowest BCUT2D eigenvalue weighted by molar-refractivity contribution is 0.0531. The third-order valence-electron chi connectivity index (χ3n) is 4.13. The van der Waals surface area contributed by atoms with E-state index in [2.05, 4.69) is 9.97 Å². The van der Waals surface area contributed by atoms with Crippen molar-refractivity contribution in [2.45, 2.75) is 13.8 Å². The first-order valence-corrected chi connectivity index (χ1v) is 9.41. The number of aromatic nitrogens is 2. The van der Waals surface area contributed by atoms with Gasteiger partial charge in [-0.15, -0.1) is 11.3 Å². The Labute approximate surface area is 165 Å². The van der Waals surface area contributed by atoms with Crippen LogP contribution in [-0.2, 0) is 4.74 Å². The molecule has 3 rings (SSSR count). The number of H-pyrrole nitrogens is 1. The summed E-state index contributed by atoms with van der Waals surface area (Å²) in [5, 5.41) is 0.407. The highest BCUT2D eigenvalue weighted by molar-refractivity contribution is 7.20. The first-order valence-electron chi connectivity index (χ1n) is 8.59. The van der Waals surface area contributed by atoms with Gasteiger partial charge in [0.15, 0.2) is 11.5 Å². The number of aromatic amines is 1. The van der Waals surface area contributed by atoms with Crippen LogP contribution in [0.3, 0.4) is 0 Å². The number of fused-ring (bicyclic) bond motifs is 1. The molecule has 0 spiro atoms. The van der Waals surface area contributed by atoms with Crippen LogP contribution in [0, 0.1) is 6.92 Å². The van der Waals surface area contributed by atoms with E-state index < -0.39 is 5.97 Å². The average molecular weight is 400 g/mol. The third kappa shape index (κ3) is 3.63. The van der Waals surface area contributed by atoms with E-state index in [0.29, 0.717) is 38.0 Å². The SMILES string of the molecule is CCOC(=O)c1sc2nc(/C=C/c3cccc(OC)c3OC)[nH]c(=O)c2c1C. The highest BCUT2D eigenvalue weighted by Gasteiger charge is 2.19. The van der Waals surface area contributed by atoms with Gasteiger partial charge in [0.05, 0.1) is 26.2 Å². The standard InChI is InChI=1S/C20H20N2O5S/c1-5-27-20(24)17-11(2)15-18(23)21-14(22-19(15)28-17)10-9-12-7-6-8-13(25-3)16(12)26-4/h6-10H,5H2,1-4H3,(H,21,22,23)/b10-9+. The number of para-hydroxylation sites is 1. The number of aryl methyl sites for hydroxylation is 1. The number of hydrogen-bond acceptors (Lipinski definition) is 7. The molecule has 8 heteroatoms. The fourth-order valence-electron chi connectivity index (χ4n) is 2.84. The van der Waals surface area contributed by atoms with Gasteiger partial charge in [-0.2, -0.15) is 0 Å². The van der Waals surface area contributed by atoms with Gasteiger partial charge >= 0.3 is 5.97 Å². The molecule has 1 N–H and O–H groups in total. The van der Waals surface area contributed by atoms with Gasteiger partial charge in [0.1, 0.15) is 15.5 Å². The van der Waals surface area contributed by atoms with Crippen LogP contribution >= 0.6 is 11.3 Å². The Kier molecular flexibility index (Phi) is 5.79. The van der Waals surface area contributed by atoms with Gasteiger partial charge in [0, 0.05) is 5.56 Å². The zero-order valence-corrected chi connectivity index (χ0v) is 16.8. The van der Waals surface area contributed by atoms with E-state index in [4.69, 9.17) is 14.2 Å². The van der Waals surface area contributed by atoms with E-state index in [9.17, 15) is 9.59 Å². The summed E-state index contributed by atoms with van der Waals surface area (Å²) in [4.78, 5) is 32.7. The molecule has 0 fully saturated rings. The Hall–Kier alpha value is -3.13. The summed E-state index contributed by atoms with van der Waals surface area (Å²) >= 11 is 1.15. The molecule has 0 aliphatic carbocycles. The fraction of sp³-hybridized carbons (Fsp3) is 0.250. The normalized spacial score (nSPS) is 11.1. The van der Waals surface area contributed by atoms with Crippen LogP contribution in [0.5, 0.6) is 11.5 Å². The number of nitrogens with zero attached hydrogens (tertiary/aromatic N) is 1. The van der Waals surface area contributed by atoms with Crippen LogP contribution in [0.1, 0.15) is 33.5 Å². The summed E-state index contributed by atoms with van der Waals surface area (Å²) in [6, 6.07) is 5.50. The highest BCUT2D eigenvalue weighted by Crippen LogP contribution is 2.32. The molecule has 2 aromatic heterocycles. The van der Waals surface area contributed by atoms with Gasteiger partial charge < -0.3 is 19.2 Å². The van der Waals surface area contributed by atoms with Crippen molar-refractivity contribution in [3.63, 3.8) is 0 Å². The van der Waals surface area contributed by atoms with Crippen molar-refractivity contribution in [2.75, 3.05) is 20.8 Å². The van der Waals surface area contributed by atoms with Gasteiger partial charge in [0.2, 0.25) is 0 Å². The summed E-state index contributed by atoms with van der Waals surface area (Å²) in [6.07, 6.45) is 3.45. The minimum atomic E-state index is -0.444. The number of carbonyl (C=O) groups is 1. The summed E-state index contributed by atoms with van der Waals surface area (Å²) in [5.41, 5.74) is 1.06. The number of esters is 1. The number of methoxy groups -OCH3 is 2. The van der Waals surface area contributed by atoms with Crippen LogP contribution in [0.2, 0.25) is 0 Å². The number of thiophene rings is 1. The number of hydrogen-bond donors (Lipinski definition) is 1. The second kappa shape index (κ2) is 8.26. The smallest absolute Gasteiger partial charge is 0.348 e. The van der Waals surface area contributed by atoms with Crippen LogP contribution in [-0.4, -0.2) is 36.8 Å². The topological polar surface area (TPSA) is 90.5 Å². The third-order valence-corrected chi connectivity index (χ3v) is 5.30. The van der Waals surface area contributed by atoms with Crippen LogP contribution < -0.4 is 15.0 Å². The molecule has 1 aromatic carbocycles. The number of ether oxygens (including phenoxy) is 3. The highest BCUT2D eigenvalue weighted by atomic mass is 32.1. The first kappa shape index (κ1) is 19.6. The van der Waals surface area contributed by atoms with Gasteiger partial charge in [-0.1, -0.05) is 12.1 Å². The maximum absolute atomic E-state index is 12.5. The summed E-state index contributed by atoms with van der Waals surface area (Å²) in [6.45, 7) is 3.73. The van der Waals surface area contributed by atoms with Crippen molar-refractivity contribution in [3.05, 3.63) is 50.4 Å². The molecule has 146 valence electrons. The minimum Gasteiger partial charge on any atom is -0.493 e. The van der Waals surface area contributed by atoms with Gasteiger partial charge in [0.25, 0.3) is 5.56 Å². The maximum atomic E-state index is 12.5. The van der Waals surface area contributed by atoms with Crippen LogP contribution in [0.4, 0.5) is 0 Å². The van der Waals surface area contributed by atoms with E-state index >= 15 is 0 Å². The Morgan fingerprint density at radius 3 is 2.71 bits per heavy atom. The number of rotatable bonds is 6. The number of carbonyl (C=O) groups excluding carboxylic acids is 1. The van der Waals surface area contributed by atoms with E-state index in [1.807, 2.05) is 12.1 Å². The molecule has 0 unspecified atom stereocenters. The van der Waals surface area contributed by atoms with E-state index in [1.54, 1.807) is 46.3 Å². The molecule has 0 aliphatic rings. The molecule has 2 heterocycles. The molecule has 0 saturated heterocycles. The monoisotopic (exact) mass is 400 g/mol. The first-order chi connectivity index (χ1) is 13.5. The van der Waals surface area contributed by atoms with Crippen molar-refractivity contribution in [3.8, 4) is 11.5 Å². The lowest BCUT2D eigenvalue weighted by Crippen LogP contribution is -2.10. The van der Waals surface area contributed by atoms with Gasteiger partial charge in [-0.25, -0.2) is 9.78 Å². The van der Waals surface area contributed by atoms with E-state index in [0.717, 1.165) is 16.9 Å². The number of nitrogens with one attached hydrogen (secondary N) is 1. The zero-order valence-electron chi connectivity index (χ0n) is 16.0. The molecule has 0 radical (unpaired) electrons. The molecule has 0 saturated carbocycles. The van der Waals surface area contributed by atoms with Crippen molar-refractivity contribution < 1.29 is 19.0 Å². The minimum absolute atomic E-state index is 0.270.